The van der Waals surface area contributed by atoms with Crippen LogP contribution in [-0.4, -0.2) is 11.6 Å². The maximum absolute atomic E-state index is 12.2. The van der Waals surface area contributed by atoms with E-state index >= 15 is 0 Å². The molecular weight excluding hydrogens is 224 g/mol. The Kier molecular flexibility index (Phi) is 3.75. The van der Waals surface area contributed by atoms with Gasteiger partial charge in [0.15, 0.2) is 0 Å². The molecule has 0 bridgehead atoms. The third kappa shape index (κ3) is 2.89. The number of ether oxygens (including phenoxy) is 1. The van der Waals surface area contributed by atoms with Crippen molar-refractivity contribution < 1.29 is 9.53 Å². The summed E-state index contributed by atoms with van der Waals surface area (Å²) >= 11 is 0. The Labute approximate surface area is 111 Å². The Morgan fingerprint density at radius 2 is 1.89 bits per heavy atom. The zero-order chi connectivity index (χ0) is 13.4. The first-order valence-corrected chi connectivity index (χ1v) is 7.63. The lowest BCUT2D eigenvalue weighted by molar-refractivity contribution is -0.157. The topological polar surface area (TPSA) is 26.3 Å². The monoisotopic (exact) mass is 252 g/mol. The molecule has 0 heterocycles. The van der Waals surface area contributed by atoms with Crippen LogP contribution in [0.25, 0.3) is 0 Å². The molecule has 2 aliphatic rings. The largest absolute Gasteiger partial charge is 0.460 e. The molecule has 0 saturated heterocycles. The van der Waals surface area contributed by atoms with Gasteiger partial charge in [-0.1, -0.05) is 32.6 Å². The predicted molar refractivity (Wildman–Crippen MR) is 73.3 cm³/mol. The fourth-order valence-corrected chi connectivity index (χ4v) is 3.41. The number of carbonyl (C=O) groups excluding carboxylic acids is 1. The second-order valence-corrected chi connectivity index (χ2v) is 7.20. The summed E-state index contributed by atoms with van der Waals surface area (Å²) in [7, 11) is 0. The van der Waals surface area contributed by atoms with E-state index in [1.165, 1.54) is 44.9 Å². The van der Waals surface area contributed by atoms with Gasteiger partial charge in [0.25, 0.3) is 0 Å². The van der Waals surface area contributed by atoms with Crippen LogP contribution in [0.15, 0.2) is 0 Å². The molecule has 2 nitrogen and oxygen atoms in total. The molecule has 0 aromatic rings. The van der Waals surface area contributed by atoms with Gasteiger partial charge in [0.05, 0.1) is 5.92 Å². The van der Waals surface area contributed by atoms with E-state index < -0.39 is 0 Å². The Morgan fingerprint density at radius 3 is 2.39 bits per heavy atom. The molecule has 104 valence electrons. The average molecular weight is 252 g/mol. The van der Waals surface area contributed by atoms with E-state index in [0.29, 0.717) is 11.3 Å². The second-order valence-electron chi connectivity index (χ2n) is 7.20. The molecule has 2 heteroatoms. The zero-order valence-electron chi connectivity index (χ0n) is 12.4. The van der Waals surface area contributed by atoms with Gasteiger partial charge in [-0.15, -0.1) is 0 Å². The van der Waals surface area contributed by atoms with Crippen molar-refractivity contribution in [2.45, 2.75) is 78.2 Å². The molecule has 1 spiro atoms. The Hall–Kier alpha value is -0.530. The summed E-state index contributed by atoms with van der Waals surface area (Å²) in [5.41, 5.74) is 0.0665. The molecule has 0 aromatic carbocycles. The fourth-order valence-electron chi connectivity index (χ4n) is 3.41. The van der Waals surface area contributed by atoms with Crippen LogP contribution in [0, 0.1) is 17.3 Å². The minimum atomic E-state index is -0.331. The highest BCUT2D eigenvalue weighted by Gasteiger charge is 2.74. The second kappa shape index (κ2) is 4.86. The molecule has 2 rings (SSSR count). The number of esters is 1. The van der Waals surface area contributed by atoms with Crippen LogP contribution < -0.4 is 0 Å². The molecule has 0 aromatic heterocycles. The van der Waals surface area contributed by atoms with E-state index in [0.717, 1.165) is 0 Å². The van der Waals surface area contributed by atoms with Gasteiger partial charge in [-0.2, -0.15) is 0 Å². The van der Waals surface area contributed by atoms with Gasteiger partial charge in [-0.25, -0.2) is 0 Å². The maximum atomic E-state index is 12.2. The molecule has 0 N–H and O–H groups in total. The van der Waals surface area contributed by atoms with E-state index in [1.807, 2.05) is 20.8 Å². The van der Waals surface area contributed by atoms with Gasteiger partial charge < -0.3 is 4.74 Å². The molecule has 2 fully saturated rings. The highest BCUT2D eigenvalue weighted by atomic mass is 16.6. The van der Waals surface area contributed by atoms with Crippen molar-refractivity contribution in [2.24, 2.45) is 17.3 Å². The zero-order valence-corrected chi connectivity index (χ0v) is 12.4. The molecule has 0 aliphatic heterocycles. The average Bonchev–Trinajstić information content (AvgIpc) is 3.12. The lowest BCUT2D eigenvalue weighted by atomic mass is 10.1. The third-order valence-corrected chi connectivity index (χ3v) is 4.51. The third-order valence-electron chi connectivity index (χ3n) is 4.51. The predicted octanol–water partition coefficient (Wildman–Crippen LogP) is 4.32. The molecule has 2 unspecified atom stereocenters. The van der Waals surface area contributed by atoms with Gasteiger partial charge in [0.1, 0.15) is 5.60 Å². The molecular formula is C16H28O2. The molecule has 2 saturated carbocycles. The Morgan fingerprint density at radius 1 is 1.22 bits per heavy atom. The number of hydrogen-bond acceptors (Lipinski definition) is 2. The fraction of sp³-hybridized carbons (Fsp3) is 0.938. The first kappa shape index (κ1) is 13.9. The van der Waals surface area contributed by atoms with Crippen LogP contribution in [0.1, 0.15) is 72.6 Å². The van der Waals surface area contributed by atoms with E-state index in [4.69, 9.17) is 4.74 Å². The minimum absolute atomic E-state index is 0.0699. The van der Waals surface area contributed by atoms with Crippen LogP contribution in [0.5, 0.6) is 0 Å². The standard InChI is InChI=1S/C16H28O2/c1-5-6-7-8-9-12-13(16(12)10-11-16)14(17)18-15(2,3)4/h12-13H,5-11H2,1-4H3. The van der Waals surface area contributed by atoms with Crippen molar-refractivity contribution in [2.75, 3.05) is 0 Å². The van der Waals surface area contributed by atoms with Crippen LogP contribution in [0.2, 0.25) is 0 Å². The minimum Gasteiger partial charge on any atom is -0.460 e. The summed E-state index contributed by atoms with van der Waals surface area (Å²) in [6.07, 6.45) is 8.99. The molecule has 2 aliphatic carbocycles. The normalized spacial score (nSPS) is 28.2. The number of carbonyl (C=O) groups is 1. The summed E-state index contributed by atoms with van der Waals surface area (Å²) in [6.45, 7) is 8.12. The van der Waals surface area contributed by atoms with E-state index in [-0.39, 0.29) is 17.5 Å². The lowest BCUT2D eigenvalue weighted by Crippen LogP contribution is -2.25. The first-order valence-electron chi connectivity index (χ1n) is 7.63. The summed E-state index contributed by atoms with van der Waals surface area (Å²) in [5.74, 6) is 0.947. The molecule has 0 amide bonds. The Bertz CT molecular complexity index is 310. The van der Waals surface area contributed by atoms with Gasteiger partial charge in [0.2, 0.25) is 0 Å². The van der Waals surface area contributed by atoms with Crippen LogP contribution in [0.4, 0.5) is 0 Å². The van der Waals surface area contributed by atoms with Crippen LogP contribution in [0.3, 0.4) is 0 Å². The first-order chi connectivity index (χ1) is 8.41. The van der Waals surface area contributed by atoms with E-state index in [1.54, 1.807) is 0 Å². The number of rotatable bonds is 6. The molecule has 18 heavy (non-hydrogen) atoms. The highest BCUT2D eigenvalue weighted by Crippen LogP contribution is 2.76. The van der Waals surface area contributed by atoms with Crippen molar-refractivity contribution >= 4 is 5.97 Å². The van der Waals surface area contributed by atoms with Gasteiger partial charge in [0, 0.05) is 0 Å². The summed E-state index contributed by atoms with van der Waals surface area (Å²) in [5, 5.41) is 0. The lowest BCUT2D eigenvalue weighted by Gasteiger charge is -2.19. The van der Waals surface area contributed by atoms with Crippen molar-refractivity contribution in [3.63, 3.8) is 0 Å². The van der Waals surface area contributed by atoms with Crippen molar-refractivity contribution in [1.29, 1.82) is 0 Å². The van der Waals surface area contributed by atoms with E-state index in [2.05, 4.69) is 6.92 Å². The molecule has 0 radical (unpaired) electrons. The SMILES string of the molecule is CCCCCCC1C(C(=O)OC(C)(C)C)C12CC2. The maximum Gasteiger partial charge on any atom is 0.310 e. The van der Waals surface area contributed by atoms with Crippen molar-refractivity contribution in [3.8, 4) is 0 Å². The smallest absolute Gasteiger partial charge is 0.310 e. The highest BCUT2D eigenvalue weighted by molar-refractivity contribution is 5.79. The van der Waals surface area contributed by atoms with E-state index in [9.17, 15) is 4.79 Å². The van der Waals surface area contributed by atoms with Gasteiger partial charge in [-0.3, -0.25) is 4.79 Å². The molecule has 2 atom stereocenters. The Balaban J connectivity index is 1.78. The van der Waals surface area contributed by atoms with Crippen molar-refractivity contribution in [3.05, 3.63) is 0 Å². The van der Waals surface area contributed by atoms with Crippen LogP contribution in [-0.2, 0) is 9.53 Å². The summed E-state index contributed by atoms with van der Waals surface area (Å²) in [6, 6.07) is 0. The van der Waals surface area contributed by atoms with Crippen LogP contribution >= 0.6 is 0 Å². The number of hydrogen-bond donors (Lipinski definition) is 0. The summed E-state index contributed by atoms with van der Waals surface area (Å²) < 4.78 is 5.56. The van der Waals surface area contributed by atoms with Gasteiger partial charge >= 0.3 is 5.97 Å². The van der Waals surface area contributed by atoms with Gasteiger partial charge in [-0.05, 0) is 51.4 Å². The quantitative estimate of drug-likeness (QED) is 0.519. The number of unbranched alkanes of at least 4 members (excludes halogenated alkanes) is 3. The summed E-state index contributed by atoms with van der Waals surface area (Å²) in [4.78, 5) is 12.2. The van der Waals surface area contributed by atoms with Crippen molar-refractivity contribution in [1.82, 2.24) is 0 Å².